The molecule has 11 heteroatoms. The van der Waals surface area contributed by atoms with Gasteiger partial charge in [0.15, 0.2) is 0 Å². The zero-order chi connectivity index (χ0) is 26.1. The predicted octanol–water partition coefficient (Wildman–Crippen LogP) is 2.94. The van der Waals surface area contributed by atoms with Gasteiger partial charge in [0.05, 0.1) is 6.61 Å². The summed E-state index contributed by atoms with van der Waals surface area (Å²) in [7, 11) is 1.52. The van der Waals surface area contributed by atoms with Crippen molar-refractivity contribution >= 4 is 18.1 Å². The van der Waals surface area contributed by atoms with Crippen molar-refractivity contribution in [3.63, 3.8) is 0 Å². The largest absolute Gasteiger partial charge is 0.483 e. The molecule has 1 aromatic heterocycles. The molecule has 0 aliphatic carbocycles. The zero-order valence-corrected chi connectivity index (χ0v) is 19.0. The predicted molar refractivity (Wildman–Crippen MR) is 121 cm³/mol. The van der Waals surface area contributed by atoms with Gasteiger partial charge >= 0.3 is 0 Å². The standard InChI is InChI=1S/C23H22F3N3O3.CH2O2/c1-22(20(27)9-11-32-14-23(22,25)26)17-12-16(6-7-18(17)24)29-21(30)19-8-5-15(13-28-19)4-3-10-31-2;2-1-3/h5-9,12-13H,10-11,14,27H2,1-2H3,(H,29,30);1H,(H,2,3)/t22-;/m0./s1. The van der Waals surface area contributed by atoms with Gasteiger partial charge in [0.2, 0.25) is 0 Å². The number of anilines is 1. The van der Waals surface area contributed by atoms with Gasteiger partial charge in [0, 0.05) is 35.8 Å². The van der Waals surface area contributed by atoms with Crippen LogP contribution < -0.4 is 11.1 Å². The molecule has 0 saturated heterocycles. The number of carbonyl (C=O) groups excluding carboxylic acids is 1. The maximum Gasteiger partial charge on any atom is 0.290 e. The first-order valence-corrected chi connectivity index (χ1v) is 10.2. The number of pyridine rings is 1. The van der Waals surface area contributed by atoms with E-state index in [1.54, 1.807) is 6.07 Å². The third-order valence-corrected chi connectivity index (χ3v) is 5.22. The van der Waals surface area contributed by atoms with Crippen LogP contribution in [0.5, 0.6) is 0 Å². The second-order valence-corrected chi connectivity index (χ2v) is 7.43. The number of rotatable bonds is 4. The van der Waals surface area contributed by atoms with Crippen LogP contribution in [0.25, 0.3) is 0 Å². The smallest absolute Gasteiger partial charge is 0.290 e. The van der Waals surface area contributed by atoms with Crippen molar-refractivity contribution in [3.05, 3.63) is 70.9 Å². The summed E-state index contributed by atoms with van der Waals surface area (Å²) in [6, 6.07) is 6.51. The van der Waals surface area contributed by atoms with Gasteiger partial charge in [0.1, 0.15) is 30.1 Å². The normalized spacial score (nSPS) is 18.5. The summed E-state index contributed by atoms with van der Waals surface area (Å²) in [4.78, 5) is 25.0. The quantitative estimate of drug-likeness (QED) is 0.444. The number of alkyl halides is 2. The van der Waals surface area contributed by atoms with E-state index < -0.39 is 29.7 Å². The Kier molecular flexibility index (Phi) is 9.39. The number of hydrogen-bond donors (Lipinski definition) is 3. The van der Waals surface area contributed by atoms with Gasteiger partial charge in [-0.25, -0.2) is 18.2 Å². The Labute approximate surface area is 199 Å². The number of carboxylic acid groups (broad SMARTS) is 1. The van der Waals surface area contributed by atoms with Crippen molar-refractivity contribution < 1.29 is 37.3 Å². The molecule has 1 amide bonds. The molecular formula is C24H24F3N3O5. The molecule has 0 bridgehead atoms. The number of methoxy groups -OCH3 is 1. The number of aromatic nitrogens is 1. The average Bonchev–Trinajstić information content (AvgIpc) is 2.92. The highest BCUT2D eigenvalue weighted by atomic mass is 19.3. The molecule has 0 fully saturated rings. The van der Waals surface area contributed by atoms with E-state index in [9.17, 15) is 18.0 Å². The molecule has 186 valence electrons. The first kappa shape index (κ1) is 27.4. The number of ether oxygens (including phenoxy) is 2. The van der Waals surface area contributed by atoms with Crippen LogP contribution in [0.15, 0.2) is 48.3 Å². The summed E-state index contributed by atoms with van der Waals surface area (Å²) in [5, 5.41) is 9.44. The van der Waals surface area contributed by atoms with Gasteiger partial charge in [-0.3, -0.25) is 9.59 Å². The van der Waals surface area contributed by atoms with E-state index >= 15 is 0 Å². The van der Waals surface area contributed by atoms with Gasteiger partial charge in [-0.05, 0) is 43.3 Å². The van der Waals surface area contributed by atoms with Crippen LogP contribution >= 0.6 is 0 Å². The Balaban J connectivity index is 0.00000137. The fourth-order valence-electron chi connectivity index (χ4n) is 3.24. The molecule has 2 aromatic rings. The van der Waals surface area contributed by atoms with E-state index in [0.29, 0.717) is 5.56 Å². The number of benzene rings is 1. The Morgan fingerprint density at radius 1 is 1.37 bits per heavy atom. The second kappa shape index (κ2) is 12.0. The summed E-state index contributed by atoms with van der Waals surface area (Å²) < 4.78 is 54.2. The highest BCUT2D eigenvalue weighted by Crippen LogP contribution is 2.46. The van der Waals surface area contributed by atoms with Crippen LogP contribution in [0.1, 0.15) is 28.5 Å². The second-order valence-electron chi connectivity index (χ2n) is 7.43. The van der Waals surface area contributed by atoms with E-state index in [2.05, 4.69) is 22.1 Å². The maximum atomic E-state index is 14.9. The minimum absolute atomic E-state index is 0.0759. The number of nitrogens with two attached hydrogens (primary N) is 1. The topological polar surface area (TPSA) is 124 Å². The molecule has 4 N–H and O–H groups in total. The number of nitrogens with zero attached hydrogens (tertiary/aromatic N) is 1. The lowest BCUT2D eigenvalue weighted by molar-refractivity contribution is -0.122. The molecule has 8 nitrogen and oxygen atoms in total. The molecule has 0 spiro atoms. The van der Waals surface area contributed by atoms with Gasteiger partial charge < -0.3 is 25.6 Å². The molecule has 0 radical (unpaired) electrons. The number of nitrogens with one attached hydrogen (secondary N) is 1. The van der Waals surface area contributed by atoms with Gasteiger partial charge in [0.25, 0.3) is 18.3 Å². The Bertz CT molecular complexity index is 1140. The van der Waals surface area contributed by atoms with E-state index in [4.69, 9.17) is 25.1 Å². The first-order valence-electron chi connectivity index (χ1n) is 10.2. The number of carbonyl (C=O) groups is 2. The summed E-state index contributed by atoms with van der Waals surface area (Å²) in [5.74, 6) is 0.645. The third-order valence-electron chi connectivity index (χ3n) is 5.22. The SMILES string of the molecule is COCC#Cc1ccc(C(=O)Nc2ccc(F)c([C@@]3(C)C(N)=CCOCC3(F)F)c2)nc1.O=CO. The fraction of sp³-hybridized carbons (Fsp3) is 0.292. The highest BCUT2D eigenvalue weighted by molar-refractivity contribution is 6.02. The van der Waals surface area contributed by atoms with Crippen molar-refractivity contribution in [2.24, 2.45) is 5.73 Å². The van der Waals surface area contributed by atoms with Crippen LogP contribution in [0, 0.1) is 17.7 Å². The Morgan fingerprint density at radius 3 is 2.71 bits per heavy atom. The summed E-state index contributed by atoms with van der Waals surface area (Å²) in [6.45, 7) is 0.147. The minimum Gasteiger partial charge on any atom is -0.483 e. The molecule has 1 aliphatic rings. The average molecular weight is 491 g/mol. The number of amides is 1. The number of halogens is 3. The number of allylic oxidation sites excluding steroid dienone is 1. The molecule has 1 atom stereocenters. The molecular weight excluding hydrogens is 467 g/mol. The lowest BCUT2D eigenvalue weighted by atomic mass is 9.73. The van der Waals surface area contributed by atoms with Crippen LogP contribution in [-0.2, 0) is 19.7 Å². The fourth-order valence-corrected chi connectivity index (χ4v) is 3.24. The lowest BCUT2D eigenvalue weighted by Crippen LogP contribution is -2.49. The highest BCUT2D eigenvalue weighted by Gasteiger charge is 2.55. The van der Waals surface area contributed by atoms with Crippen LogP contribution in [0.2, 0.25) is 0 Å². The van der Waals surface area contributed by atoms with Crippen LogP contribution in [0.3, 0.4) is 0 Å². The van der Waals surface area contributed by atoms with Crippen molar-refractivity contribution in [2.45, 2.75) is 18.3 Å². The van der Waals surface area contributed by atoms with Crippen molar-refractivity contribution in [3.8, 4) is 11.8 Å². The number of hydrogen-bond acceptors (Lipinski definition) is 6. The summed E-state index contributed by atoms with van der Waals surface area (Å²) in [6.07, 6.45) is 2.72. The van der Waals surface area contributed by atoms with E-state index in [0.717, 1.165) is 19.1 Å². The molecule has 2 heterocycles. The van der Waals surface area contributed by atoms with E-state index in [-0.39, 0.29) is 42.3 Å². The summed E-state index contributed by atoms with van der Waals surface area (Å²) >= 11 is 0. The Hall–Kier alpha value is -3.88. The van der Waals surface area contributed by atoms with Crippen LogP contribution in [0.4, 0.5) is 18.9 Å². The minimum atomic E-state index is -3.48. The Morgan fingerprint density at radius 2 is 2.09 bits per heavy atom. The summed E-state index contributed by atoms with van der Waals surface area (Å²) in [5.41, 5.74) is 3.97. The zero-order valence-electron chi connectivity index (χ0n) is 19.0. The van der Waals surface area contributed by atoms with Gasteiger partial charge in [-0.1, -0.05) is 11.8 Å². The van der Waals surface area contributed by atoms with Crippen LogP contribution in [-0.4, -0.2) is 55.3 Å². The van der Waals surface area contributed by atoms with Gasteiger partial charge in [-0.15, -0.1) is 0 Å². The van der Waals surface area contributed by atoms with Crippen molar-refractivity contribution in [1.29, 1.82) is 0 Å². The first-order chi connectivity index (χ1) is 16.6. The third kappa shape index (κ3) is 6.38. The maximum absolute atomic E-state index is 14.9. The monoisotopic (exact) mass is 491 g/mol. The van der Waals surface area contributed by atoms with Gasteiger partial charge in [-0.2, -0.15) is 0 Å². The molecule has 0 saturated carbocycles. The lowest BCUT2D eigenvalue weighted by Gasteiger charge is -2.37. The molecule has 3 rings (SSSR count). The molecule has 0 unspecified atom stereocenters. The van der Waals surface area contributed by atoms with E-state index in [1.165, 1.54) is 31.5 Å². The molecule has 1 aromatic carbocycles. The van der Waals surface area contributed by atoms with Crippen molar-refractivity contribution in [1.82, 2.24) is 4.98 Å². The van der Waals surface area contributed by atoms with Crippen molar-refractivity contribution in [2.75, 3.05) is 32.2 Å². The molecule has 1 aliphatic heterocycles. The molecule has 35 heavy (non-hydrogen) atoms. The van der Waals surface area contributed by atoms with E-state index in [1.807, 2.05) is 0 Å².